The third-order valence-electron chi connectivity index (χ3n) is 6.68. The van der Waals surface area contributed by atoms with E-state index in [1.165, 1.54) is 32.1 Å². The molecule has 3 heteroatoms. The van der Waals surface area contributed by atoms with Crippen LogP contribution in [0.1, 0.15) is 57.8 Å². The minimum Gasteiger partial charge on any atom is -0.353 e. The van der Waals surface area contributed by atoms with Crippen molar-refractivity contribution in [3.05, 3.63) is 0 Å². The molecule has 0 aromatic carbocycles. The van der Waals surface area contributed by atoms with Gasteiger partial charge in [0, 0.05) is 18.0 Å². The Labute approximate surface area is 122 Å². The second-order valence-corrected chi connectivity index (χ2v) is 8.08. The van der Waals surface area contributed by atoms with Crippen LogP contribution in [-0.2, 0) is 4.79 Å². The Morgan fingerprint density at radius 1 is 0.850 bits per heavy atom. The van der Waals surface area contributed by atoms with Crippen LogP contribution < -0.4 is 11.1 Å². The Balaban J connectivity index is 1.38. The van der Waals surface area contributed by atoms with Crippen molar-refractivity contribution < 1.29 is 4.79 Å². The van der Waals surface area contributed by atoms with Gasteiger partial charge in [-0.25, -0.2) is 0 Å². The standard InChI is InChI=1S/C17H28N2O/c18-15-3-1-12(2-4-15)17(20)19-16-13-6-10-5-11(8-13)9-14(16)7-10/h10-16H,1-9,18H2,(H,19,20). The molecule has 3 nitrogen and oxygen atoms in total. The van der Waals surface area contributed by atoms with E-state index in [4.69, 9.17) is 5.73 Å². The van der Waals surface area contributed by atoms with Gasteiger partial charge in [0.15, 0.2) is 0 Å². The Hall–Kier alpha value is -0.570. The lowest BCUT2D eigenvalue weighted by Crippen LogP contribution is -2.56. The quantitative estimate of drug-likeness (QED) is 0.814. The van der Waals surface area contributed by atoms with Crippen LogP contribution in [0.3, 0.4) is 0 Å². The van der Waals surface area contributed by atoms with E-state index in [1.54, 1.807) is 0 Å². The second kappa shape index (κ2) is 5.01. The summed E-state index contributed by atoms with van der Waals surface area (Å²) in [6, 6.07) is 0.839. The molecule has 0 heterocycles. The first-order valence-electron chi connectivity index (χ1n) is 8.75. The molecular formula is C17H28N2O. The van der Waals surface area contributed by atoms with Crippen molar-refractivity contribution in [3.63, 3.8) is 0 Å². The van der Waals surface area contributed by atoms with Gasteiger partial charge in [0.05, 0.1) is 0 Å². The van der Waals surface area contributed by atoms with Crippen LogP contribution in [0.2, 0.25) is 0 Å². The van der Waals surface area contributed by atoms with Crippen LogP contribution >= 0.6 is 0 Å². The SMILES string of the molecule is NC1CCC(C(=O)NC2C3CC4CC(C3)CC2C4)CC1. The van der Waals surface area contributed by atoms with E-state index in [0.29, 0.717) is 18.0 Å². The number of carbonyl (C=O) groups is 1. The molecule has 0 atom stereocenters. The fourth-order valence-corrected chi connectivity index (χ4v) is 5.82. The van der Waals surface area contributed by atoms with E-state index >= 15 is 0 Å². The van der Waals surface area contributed by atoms with Crippen molar-refractivity contribution >= 4 is 5.91 Å². The van der Waals surface area contributed by atoms with Crippen LogP contribution in [0.15, 0.2) is 0 Å². The van der Waals surface area contributed by atoms with Gasteiger partial charge in [-0.05, 0) is 81.5 Å². The molecule has 0 aromatic rings. The molecule has 0 saturated heterocycles. The number of amides is 1. The van der Waals surface area contributed by atoms with Gasteiger partial charge in [0.1, 0.15) is 0 Å². The van der Waals surface area contributed by atoms with Crippen molar-refractivity contribution in [2.24, 2.45) is 35.3 Å². The Morgan fingerprint density at radius 3 is 1.95 bits per heavy atom. The molecule has 0 radical (unpaired) electrons. The number of nitrogens with two attached hydrogens (primary N) is 1. The largest absolute Gasteiger partial charge is 0.353 e. The Morgan fingerprint density at radius 2 is 1.40 bits per heavy atom. The predicted octanol–water partition coefficient (Wildman–Crippen LogP) is 2.44. The minimum absolute atomic E-state index is 0.243. The first-order valence-corrected chi connectivity index (χ1v) is 8.75. The highest BCUT2D eigenvalue weighted by Gasteiger charge is 2.48. The molecule has 0 unspecified atom stereocenters. The fraction of sp³-hybridized carbons (Fsp3) is 0.941. The highest BCUT2D eigenvalue weighted by Crippen LogP contribution is 2.53. The van der Waals surface area contributed by atoms with Gasteiger partial charge in [0.2, 0.25) is 5.91 Å². The van der Waals surface area contributed by atoms with E-state index in [0.717, 1.165) is 49.4 Å². The highest BCUT2D eigenvalue weighted by atomic mass is 16.1. The lowest BCUT2D eigenvalue weighted by molar-refractivity contribution is -0.130. The predicted molar refractivity (Wildman–Crippen MR) is 78.9 cm³/mol. The van der Waals surface area contributed by atoms with E-state index in [-0.39, 0.29) is 5.92 Å². The highest BCUT2D eigenvalue weighted by molar-refractivity contribution is 5.79. The van der Waals surface area contributed by atoms with Crippen LogP contribution in [-0.4, -0.2) is 18.0 Å². The minimum atomic E-state index is 0.243. The summed E-state index contributed by atoms with van der Waals surface area (Å²) in [6.45, 7) is 0. The van der Waals surface area contributed by atoms with Gasteiger partial charge in [0.25, 0.3) is 0 Å². The van der Waals surface area contributed by atoms with Crippen molar-refractivity contribution in [1.82, 2.24) is 5.32 Å². The summed E-state index contributed by atoms with van der Waals surface area (Å²) in [5.74, 6) is 4.14. The first-order chi connectivity index (χ1) is 9.69. The topological polar surface area (TPSA) is 55.1 Å². The molecule has 0 aromatic heterocycles. The van der Waals surface area contributed by atoms with Crippen LogP contribution in [0.5, 0.6) is 0 Å². The molecule has 5 rings (SSSR count). The van der Waals surface area contributed by atoms with Crippen LogP contribution in [0.4, 0.5) is 0 Å². The molecule has 112 valence electrons. The monoisotopic (exact) mass is 276 g/mol. The van der Waals surface area contributed by atoms with Gasteiger partial charge in [-0.15, -0.1) is 0 Å². The summed E-state index contributed by atoms with van der Waals surface area (Å²) >= 11 is 0. The van der Waals surface area contributed by atoms with Crippen molar-refractivity contribution in [2.45, 2.75) is 69.9 Å². The summed E-state index contributed by atoms with van der Waals surface area (Å²) in [5, 5.41) is 3.47. The van der Waals surface area contributed by atoms with Crippen LogP contribution in [0, 0.1) is 29.6 Å². The average molecular weight is 276 g/mol. The molecule has 4 bridgehead atoms. The molecule has 1 amide bonds. The van der Waals surface area contributed by atoms with E-state index < -0.39 is 0 Å². The summed E-state index contributed by atoms with van der Waals surface area (Å²) < 4.78 is 0. The molecular weight excluding hydrogens is 248 g/mol. The summed E-state index contributed by atoms with van der Waals surface area (Å²) in [5.41, 5.74) is 5.94. The zero-order valence-electron chi connectivity index (χ0n) is 12.4. The molecule has 20 heavy (non-hydrogen) atoms. The zero-order valence-corrected chi connectivity index (χ0v) is 12.4. The second-order valence-electron chi connectivity index (χ2n) is 8.08. The molecule has 0 spiro atoms. The van der Waals surface area contributed by atoms with Gasteiger partial charge in [-0.1, -0.05) is 0 Å². The molecule has 5 saturated carbocycles. The maximum atomic E-state index is 12.5. The van der Waals surface area contributed by atoms with Crippen molar-refractivity contribution in [1.29, 1.82) is 0 Å². The normalized spacial score (nSPS) is 50.1. The Bertz CT molecular complexity index is 358. The average Bonchev–Trinajstić information content (AvgIpc) is 2.42. The smallest absolute Gasteiger partial charge is 0.223 e. The Kier molecular flexibility index (Phi) is 3.29. The summed E-state index contributed by atoms with van der Waals surface area (Å²) in [6.07, 6.45) is 11.1. The lowest BCUT2D eigenvalue weighted by atomic mass is 9.54. The van der Waals surface area contributed by atoms with Gasteiger partial charge in [-0.2, -0.15) is 0 Å². The first kappa shape index (κ1) is 13.1. The summed E-state index contributed by atoms with van der Waals surface area (Å²) in [4.78, 5) is 12.5. The number of nitrogens with one attached hydrogen (secondary N) is 1. The number of rotatable bonds is 2. The van der Waals surface area contributed by atoms with E-state index in [9.17, 15) is 4.79 Å². The third-order valence-corrected chi connectivity index (χ3v) is 6.68. The molecule has 5 fully saturated rings. The van der Waals surface area contributed by atoms with Crippen LogP contribution in [0.25, 0.3) is 0 Å². The van der Waals surface area contributed by atoms with E-state index in [1.807, 2.05) is 0 Å². The third kappa shape index (κ3) is 2.28. The summed E-state index contributed by atoms with van der Waals surface area (Å²) in [7, 11) is 0. The molecule has 3 N–H and O–H groups in total. The molecule has 5 aliphatic rings. The van der Waals surface area contributed by atoms with Gasteiger partial charge >= 0.3 is 0 Å². The number of carbonyl (C=O) groups excluding carboxylic acids is 1. The number of hydrogen-bond donors (Lipinski definition) is 2. The van der Waals surface area contributed by atoms with Gasteiger partial charge in [-0.3, -0.25) is 4.79 Å². The molecule has 5 aliphatic carbocycles. The van der Waals surface area contributed by atoms with E-state index in [2.05, 4.69) is 5.32 Å². The lowest BCUT2D eigenvalue weighted by Gasteiger charge is -2.54. The fourth-order valence-electron chi connectivity index (χ4n) is 5.82. The van der Waals surface area contributed by atoms with Gasteiger partial charge < -0.3 is 11.1 Å². The van der Waals surface area contributed by atoms with Crippen molar-refractivity contribution in [3.8, 4) is 0 Å². The maximum Gasteiger partial charge on any atom is 0.223 e. The van der Waals surface area contributed by atoms with Crippen molar-refractivity contribution in [2.75, 3.05) is 0 Å². The number of hydrogen-bond acceptors (Lipinski definition) is 2. The molecule has 0 aliphatic heterocycles. The maximum absolute atomic E-state index is 12.5. The zero-order chi connectivity index (χ0) is 13.7.